The van der Waals surface area contributed by atoms with E-state index in [9.17, 15) is 0 Å². The maximum absolute atomic E-state index is 5.95. The van der Waals surface area contributed by atoms with E-state index < -0.39 is 0 Å². The van der Waals surface area contributed by atoms with E-state index in [2.05, 4.69) is 20.8 Å². The standard InChI is InChI=1S/C11H16ClNS/c1-11(2,3)14-10-6-9(12)5-4-8(10)7-13/h4-6H,7,13H2,1-3H3. The SMILES string of the molecule is CC(C)(C)Sc1cc(Cl)ccc1CN. The van der Waals surface area contributed by atoms with Crippen molar-refractivity contribution in [3.05, 3.63) is 28.8 Å². The van der Waals surface area contributed by atoms with Gasteiger partial charge in [-0.15, -0.1) is 11.8 Å². The summed E-state index contributed by atoms with van der Waals surface area (Å²) in [7, 11) is 0. The van der Waals surface area contributed by atoms with Crippen LogP contribution in [0.25, 0.3) is 0 Å². The number of thioether (sulfide) groups is 1. The number of benzene rings is 1. The molecule has 0 radical (unpaired) electrons. The van der Waals surface area contributed by atoms with Crippen LogP contribution in [0.4, 0.5) is 0 Å². The molecule has 0 saturated heterocycles. The van der Waals surface area contributed by atoms with Crippen LogP contribution in [-0.4, -0.2) is 4.75 Å². The molecule has 1 aromatic rings. The van der Waals surface area contributed by atoms with Crippen LogP contribution in [-0.2, 0) is 6.54 Å². The molecule has 0 unspecified atom stereocenters. The Morgan fingerprint density at radius 1 is 1.36 bits per heavy atom. The molecule has 0 fully saturated rings. The zero-order valence-corrected chi connectivity index (χ0v) is 10.4. The van der Waals surface area contributed by atoms with Crippen LogP contribution in [0.3, 0.4) is 0 Å². The Morgan fingerprint density at radius 3 is 2.50 bits per heavy atom. The fourth-order valence-electron chi connectivity index (χ4n) is 1.12. The molecule has 0 heterocycles. The Bertz CT molecular complexity index is 318. The quantitative estimate of drug-likeness (QED) is 0.783. The first-order valence-corrected chi connectivity index (χ1v) is 5.79. The molecule has 0 aromatic heterocycles. The summed E-state index contributed by atoms with van der Waals surface area (Å²) < 4.78 is 0.189. The van der Waals surface area contributed by atoms with Gasteiger partial charge in [0.05, 0.1) is 0 Å². The zero-order valence-electron chi connectivity index (χ0n) is 8.80. The minimum atomic E-state index is 0.189. The molecule has 0 bridgehead atoms. The molecule has 0 atom stereocenters. The first-order valence-electron chi connectivity index (χ1n) is 4.60. The summed E-state index contributed by atoms with van der Waals surface area (Å²) in [5.74, 6) is 0. The lowest BCUT2D eigenvalue weighted by Crippen LogP contribution is -2.08. The predicted octanol–water partition coefficient (Wildman–Crippen LogP) is 3.69. The van der Waals surface area contributed by atoms with Crippen molar-refractivity contribution in [2.45, 2.75) is 37.0 Å². The van der Waals surface area contributed by atoms with Gasteiger partial charge in [-0.05, 0) is 17.7 Å². The average Bonchev–Trinajstić information content (AvgIpc) is 2.01. The van der Waals surface area contributed by atoms with Crippen LogP contribution in [0, 0.1) is 0 Å². The Balaban J connectivity index is 2.99. The molecule has 2 N–H and O–H groups in total. The molecule has 0 amide bonds. The molecule has 0 aliphatic carbocycles. The van der Waals surface area contributed by atoms with E-state index >= 15 is 0 Å². The van der Waals surface area contributed by atoms with Gasteiger partial charge in [-0.2, -0.15) is 0 Å². The van der Waals surface area contributed by atoms with Crippen LogP contribution >= 0.6 is 23.4 Å². The zero-order chi connectivity index (χ0) is 10.8. The lowest BCUT2D eigenvalue weighted by molar-refractivity contribution is 0.801. The third kappa shape index (κ3) is 3.52. The van der Waals surface area contributed by atoms with Crippen molar-refractivity contribution in [2.75, 3.05) is 0 Å². The topological polar surface area (TPSA) is 26.0 Å². The number of nitrogens with two attached hydrogens (primary N) is 1. The number of hydrogen-bond acceptors (Lipinski definition) is 2. The molecule has 0 spiro atoms. The molecular formula is C11H16ClNS. The van der Waals surface area contributed by atoms with Crippen molar-refractivity contribution in [1.29, 1.82) is 0 Å². The van der Waals surface area contributed by atoms with Crippen molar-refractivity contribution in [3.63, 3.8) is 0 Å². The second-order valence-corrected chi connectivity index (χ2v) is 6.48. The lowest BCUT2D eigenvalue weighted by atomic mass is 10.2. The highest BCUT2D eigenvalue weighted by atomic mass is 35.5. The predicted molar refractivity (Wildman–Crippen MR) is 65.0 cm³/mol. The van der Waals surface area contributed by atoms with Crippen LogP contribution in [0.2, 0.25) is 5.02 Å². The van der Waals surface area contributed by atoms with E-state index in [1.807, 2.05) is 18.2 Å². The summed E-state index contributed by atoms with van der Waals surface area (Å²) in [6, 6.07) is 5.87. The van der Waals surface area contributed by atoms with Gasteiger partial charge in [0.15, 0.2) is 0 Å². The van der Waals surface area contributed by atoms with Gasteiger partial charge in [0, 0.05) is 21.2 Å². The summed E-state index contributed by atoms with van der Waals surface area (Å²) >= 11 is 7.75. The minimum Gasteiger partial charge on any atom is -0.326 e. The van der Waals surface area contributed by atoms with Crippen LogP contribution < -0.4 is 5.73 Å². The van der Waals surface area contributed by atoms with E-state index in [0.29, 0.717) is 6.54 Å². The van der Waals surface area contributed by atoms with Gasteiger partial charge in [0.25, 0.3) is 0 Å². The maximum atomic E-state index is 5.95. The van der Waals surface area contributed by atoms with E-state index in [4.69, 9.17) is 17.3 Å². The number of halogens is 1. The number of rotatable bonds is 2. The lowest BCUT2D eigenvalue weighted by Gasteiger charge is -2.19. The van der Waals surface area contributed by atoms with Crippen molar-refractivity contribution in [2.24, 2.45) is 5.73 Å². The van der Waals surface area contributed by atoms with Gasteiger partial charge >= 0.3 is 0 Å². The van der Waals surface area contributed by atoms with Crippen LogP contribution in [0.5, 0.6) is 0 Å². The highest BCUT2D eigenvalue weighted by Gasteiger charge is 2.14. The Labute approximate surface area is 95.0 Å². The first-order chi connectivity index (χ1) is 6.42. The summed E-state index contributed by atoms with van der Waals surface area (Å²) in [6.07, 6.45) is 0. The molecule has 0 aliphatic rings. The van der Waals surface area contributed by atoms with Gasteiger partial charge in [-0.3, -0.25) is 0 Å². The minimum absolute atomic E-state index is 0.189. The summed E-state index contributed by atoms with van der Waals surface area (Å²) in [5.41, 5.74) is 6.82. The number of hydrogen-bond donors (Lipinski definition) is 1. The van der Waals surface area contributed by atoms with E-state index in [0.717, 1.165) is 10.6 Å². The second-order valence-electron chi connectivity index (χ2n) is 4.17. The van der Waals surface area contributed by atoms with E-state index in [-0.39, 0.29) is 4.75 Å². The smallest absolute Gasteiger partial charge is 0.0417 e. The third-order valence-electron chi connectivity index (χ3n) is 1.67. The normalized spacial score (nSPS) is 11.8. The van der Waals surface area contributed by atoms with Gasteiger partial charge in [0.2, 0.25) is 0 Å². The van der Waals surface area contributed by atoms with Crippen LogP contribution in [0.15, 0.2) is 23.1 Å². The molecule has 3 heteroatoms. The maximum Gasteiger partial charge on any atom is 0.0417 e. The van der Waals surface area contributed by atoms with E-state index in [1.54, 1.807) is 11.8 Å². The monoisotopic (exact) mass is 229 g/mol. The van der Waals surface area contributed by atoms with E-state index in [1.165, 1.54) is 4.90 Å². The molecule has 1 rings (SSSR count). The Morgan fingerprint density at radius 2 is 2.00 bits per heavy atom. The Kier molecular flexibility index (Phi) is 3.87. The van der Waals surface area contributed by atoms with Crippen LogP contribution in [0.1, 0.15) is 26.3 Å². The average molecular weight is 230 g/mol. The highest BCUT2D eigenvalue weighted by Crippen LogP contribution is 2.35. The van der Waals surface area contributed by atoms with Gasteiger partial charge < -0.3 is 5.73 Å². The molecule has 1 nitrogen and oxygen atoms in total. The summed E-state index contributed by atoms with van der Waals surface area (Å²) in [5, 5.41) is 0.772. The van der Waals surface area contributed by atoms with Gasteiger partial charge in [0.1, 0.15) is 0 Å². The molecule has 78 valence electrons. The summed E-state index contributed by atoms with van der Waals surface area (Å²) in [6.45, 7) is 7.10. The molecule has 0 aliphatic heterocycles. The van der Waals surface area contributed by atoms with Crippen molar-refractivity contribution >= 4 is 23.4 Å². The molecule has 14 heavy (non-hydrogen) atoms. The van der Waals surface area contributed by atoms with Crippen molar-refractivity contribution in [1.82, 2.24) is 0 Å². The fraction of sp³-hybridized carbons (Fsp3) is 0.455. The fourth-order valence-corrected chi connectivity index (χ4v) is 2.49. The molecular weight excluding hydrogens is 214 g/mol. The summed E-state index contributed by atoms with van der Waals surface area (Å²) in [4.78, 5) is 1.19. The Hall–Kier alpha value is -0.180. The first kappa shape index (κ1) is 11.9. The van der Waals surface area contributed by atoms with Crippen molar-refractivity contribution in [3.8, 4) is 0 Å². The molecule has 1 aromatic carbocycles. The molecule has 0 saturated carbocycles. The second kappa shape index (κ2) is 4.56. The van der Waals surface area contributed by atoms with Crippen molar-refractivity contribution < 1.29 is 0 Å². The van der Waals surface area contributed by atoms with Gasteiger partial charge in [-0.25, -0.2) is 0 Å². The van der Waals surface area contributed by atoms with Gasteiger partial charge in [-0.1, -0.05) is 38.4 Å². The largest absolute Gasteiger partial charge is 0.326 e. The third-order valence-corrected chi connectivity index (χ3v) is 3.11. The highest BCUT2D eigenvalue weighted by molar-refractivity contribution is 8.00.